The fourth-order valence-corrected chi connectivity index (χ4v) is 0.283. The smallest absolute Gasteiger partial charge is 0.135 e. The van der Waals surface area contributed by atoms with Crippen LogP contribution in [-0.4, -0.2) is 0 Å². The van der Waals surface area contributed by atoms with Gasteiger partial charge < -0.3 is 0 Å². The van der Waals surface area contributed by atoms with Gasteiger partial charge >= 0.3 is 0 Å². The SMILES string of the molecule is [CH2]C(C)C(C#N)C#N. The monoisotopic (exact) mass is 107 g/mol. The molecule has 0 saturated carbocycles. The first-order chi connectivity index (χ1) is 3.72. The topological polar surface area (TPSA) is 47.6 Å². The first-order valence-corrected chi connectivity index (χ1v) is 2.34. The molecule has 0 aliphatic carbocycles. The van der Waals surface area contributed by atoms with Gasteiger partial charge in [0.25, 0.3) is 0 Å². The lowest BCUT2D eigenvalue weighted by molar-refractivity contribution is 0.630. The van der Waals surface area contributed by atoms with E-state index >= 15 is 0 Å². The molecule has 0 spiro atoms. The Labute approximate surface area is 49.3 Å². The third kappa shape index (κ3) is 1.62. The Morgan fingerprint density at radius 1 is 1.38 bits per heavy atom. The molecule has 0 aromatic rings. The van der Waals surface area contributed by atoms with E-state index in [-0.39, 0.29) is 5.92 Å². The van der Waals surface area contributed by atoms with Crippen LogP contribution < -0.4 is 0 Å². The Morgan fingerprint density at radius 3 is 1.75 bits per heavy atom. The van der Waals surface area contributed by atoms with Crippen molar-refractivity contribution in [2.45, 2.75) is 6.92 Å². The summed E-state index contributed by atoms with van der Waals surface area (Å²) < 4.78 is 0. The zero-order valence-corrected chi connectivity index (χ0v) is 4.76. The van der Waals surface area contributed by atoms with Crippen molar-refractivity contribution < 1.29 is 0 Å². The molecule has 0 bridgehead atoms. The van der Waals surface area contributed by atoms with Gasteiger partial charge in [0.2, 0.25) is 0 Å². The number of rotatable bonds is 1. The van der Waals surface area contributed by atoms with E-state index in [1.165, 1.54) is 0 Å². The summed E-state index contributed by atoms with van der Waals surface area (Å²) >= 11 is 0. The van der Waals surface area contributed by atoms with Crippen LogP contribution in [0, 0.1) is 41.4 Å². The Hall–Kier alpha value is -1.02. The minimum absolute atomic E-state index is 0.0926. The summed E-state index contributed by atoms with van der Waals surface area (Å²) in [5.41, 5.74) is 0. The van der Waals surface area contributed by atoms with E-state index < -0.39 is 5.92 Å². The van der Waals surface area contributed by atoms with E-state index in [0.29, 0.717) is 0 Å². The molecule has 0 amide bonds. The third-order valence-electron chi connectivity index (χ3n) is 0.847. The van der Waals surface area contributed by atoms with E-state index in [9.17, 15) is 0 Å². The molecule has 0 fully saturated rings. The summed E-state index contributed by atoms with van der Waals surface area (Å²) in [5, 5.41) is 16.4. The van der Waals surface area contributed by atoms with Crippen LogP contribution in [0.5, 0.6) is 0 Å². The zero-order valence-electron chi connectivity index (χ0n) is 4.76. The van der Waals surface area contributed by atoms with Crippen LogP contribution in [0.1, 0.15) is 6.92 Å². The van der Waals surface area contributed by atoms with Gasteiger partial charge in [0, 0.05) is 0 Å². The Morgan fingerprint density at radius 2 is 1.75 bits per heavy atom. The van der Waals surface area contributed by atoms with Gasteiger partial charge in [-0.15, -0.1) is 0 Å². The van der Waals surface area contributed by atoms with E-state index in [4.69, 9.17) is 10.5 Å². The van der Waals surface area contributed by atoms with E-state index in [1.807, 2.05) is 12.1 Å². The maximum Gasteiger partial charge on any atom is 0.135 e. The highest BCUT2D eigenvalue weighted by molar-refractivity contribution is 5.01. The van der Waals surface area contributed by atoms with Gasteiger partial charge in [-0.2, -0.15) is 10.5 Å². The van der Waals surface area contributed by atoms with Gasteiger partial charge in [0.05, 0.1) is 12.1 Å². The lowest BCUT2D eigenvalue weighted by Crippen LogP contribution is -2.01. The maximum absolute atomic E-state index is 8.18. The predicted octanol–water partition coefficient (Wildman–Crippen LogP) is 1.12. The van der Waals surface area contributed by atoms with Crippen molar-refractivity contribution in [1.82, 2.24) is 0 Å². The van der Waals surface area contributed by atoms with Crippen LogP contribution in [0.15, 0.2) is 0 Å². The second-order valence-electron chi connectivity index (χ2n) is 1.71. The molecule has 1 atom stereocenters. The van der Waals surface area contributed by atoms with Gasteiger partial charge in [-0.05, 0) is 12.8 Å². The number of nitrogens with zero attached hydrogens (tertiary/aromatic N) is 2. The summed E-state index contributed by atoms with van der Waals surface area (Å²) in [6.07, 6.45) is 0. The van der Waals surface area contributed by atoms with Crippen LogP contribution in [0.2, 0.25) is 0 Å². The van der Waals surface area contributed by atoms with Crippen molar-refractivity contribution in [2.75, 3.05) is 0 Å². The van der Waals surface area contributed by atoms with Crippen LogP contribution >= 0.6 is 0 Å². The molecular formula is C6H7N2. The standard InChI is InChI=1S/C6H7N2/c1-5(2)6(3-7)4-8/h5-6H,1H2,2H3. The molecular weight excluding hydrogens is 100 g/mol. The first kappa shape index (κ1) is 6.98. The minimum Gasteiger partial charge on any atom is -0.197 e. The van der Waals surface area contributed by atoms with Crippen molar-refractivity contribution in [3.63, 3.8) is 0 Å². The molecule has 0 aliphatic rings. The molecule has 0 heterocycles. The van der Waals surface area contributed by atoms with E-state index in [1.54, 1.807) is 6.92 Å². The summed E-state index contributed by atoms with van der Waals surface area (Å²) in [7, 11) is 0. The highest BCUT2D eigenvalue weighted by atomic mass is 14.3. The summed E-state index contributed by atoms with van der Waals surface area (Å²) in [5.74, 6) is -0.639. The van der Waals surface area contributed by atoms with E-state index in [2.05, 4.69) is 6.92 Å². The highest BCUT2D eigenvalue weighted by Crippen LogP contribution is 2.05. The average molecular weight is 107 g/mol. The molecule has 41 valence electrons. The molecule has 0 aliphatic heterocycles. The molecule has 0 N–H and O–H groups in total. The molecule has 1 unspecified atom stereocenters. The maximum atomic E-state index is 8.18. The largest absolute Gasteiger partial charge is 0.197 e. The molecule has 0 aromatic carbocycles. The van der Waals surface area contributed by atoms with Crippen LogP contribution in [0.25, 0.3) is 0 Å². The van der Waals surface area contributed by atoms with Gasteiger partial charge in [-0.3, -0.25) is 0 Å². The summed E-state index contributed by atoms with van der Waals surface area (Å²) in [6.45, 7) is 5.28. The Balaban J connectivity index is 3.81. The first-order valence-electron chi connectivity index (χ1n) is 2.34. The van der Waals surface area contributed by atoms with Crippen molar-refractivity contribution in [3.05, 3.63) is 6.92 Å². The fraction of sp³-hybridized carbons (Fsp3) is 0.500. The Kier molecular flexibility index (Phi) is 2.66. The molecule has 0 saturated heterocycles. The Bertz CT molecular complexity index is 122. The number of hydrogen-bond donors (Lipinski definition) is 0. The van der Waals surface area contributed by atoms with E-state index in [0.717, 1.165) is 0 Å². The van der Waals surface area contributed by atoms with Crippen LogP contribution in [0.4, 0.5) is 0 Å². The van der Waals surface area contributed by atoms with Crippen molar-refractivity contribution in [2.24, 2.45) is 11.8 Å². The lowest BCUT2D eigenvalue weighted by atomic mass is 10.00. The fourth-order valence-electron chi connectivity index (χ4n) is 0.283. The van der Waals surface area contributed by atoms with Crippen molar-refractivity contribution in [3.8, 4) is 12.1 Å². The zero-order chi connectivity index (χ0) is 6.57. The predicted molar refractivity (Wildman–Crippen MR) is 29.2 cm³/mol. The molecule has 0 rings (SSSR count). The highest BCUT2D eigenvalue weighted by Gasteiger charge is 2.08. The van der Waals surface area contributed by atoms with Gasteiger partial charge in [0.15, 0.2) is 0 Å². The molecule has 1 radical (unpaired) electrons. The average Bonchev–Trinajstić information content (AvgIpc) is 1.69. The van der Waals surface area contributed by atoms with Crippen LogP contribution in [0.3, 0.4) is 0 Å². The van der Waals surface area contributed by atoms with Crippen molar-refractivity contribution >= 4 is 0 Å². The normalized spacial score (nSPS) is 8.75. The lowest BCUT2D eigenvalue weighted by Gasteiger charge is -1.99. The molecule has 2 nitrogen and oxygen atoms in total. The van der Waals surface area contributed by atoms with Gasteiger partial charge in [-0.25, -0.2) is 0 Å². The number of hydrogen-bond acceptors (Lipinski definition) is 2. The second kappa shape index (κ2) is 3.04. The minimum atomic E-state index is -0.546. The second-order valence-corrected chi connectivity index (χ2v) is 1.71. The van der Waals surface area contributed by atoms with Gasteiger partial charge in [-0.1, -0.05) is 6.92 Å². The molecule has 0 aromatic heterocycles. The molecule has 8 heavy (non-hydrogen) atoms. The summed E-state index contributed by atoms with van der Waals surface area (Å²) in [6, 6.07) is 3.66. The summed E-state index contributed by atoms with van der Waals surface area (Å²) in [4.78, 5) is 0. The van der Waals surface area contributed by atoms with Gasteiger partial charge in [0.1, 0.15) is 5.92 Å². The van der Waals surface area contributed by atoms with Crippen LogP contribution in [-0.2, 0) is 0 Å². The quantitative estimate of drug-likeness (QED) is 0.504. The van der Waals surface area contributed by atoms with Crippen molar-refractivity contribution in [1.29, 1.82) is 10.5 Å². The third-order valence-corrected chi connectivity index (χ3v) is 0.847. The molecule has 2 heteroatoms. The number of nitriles is 2.